The minimum Gasteiger partial charge on any atom is -0.361 e. The molecule has 3 nitrogen and oxygen atoms in total. The lowest BCUT2D eigenvalue weighted by molar-refractivity contribution is 0.101. The second-order valence-electron chi connectivity index (χ2n) is 12.2. The average molecular weight is 545 g/mol. The normalized spacial score (nSPS) is 11.4. The molecule has 0 atom stereocenters. The number of aromatic amines is 1. The molecule has 0 bridgehead atoms. The molecule has 40 heavy (non-hydrogen) atoms. The van der Waals surface area contributed by atoms with Crippen LogP contribution in [-0.4, -0.2) is 15.3 Å². The molecule has 2 aromatic heterocycles. The zero-order valence-corrected chi connectivity index (χ0v) is 26.6. The molecular formula is C37H56N2O. The summed E-state index contributed by atoms with van der Waals surface area (Å²) in [4.78, 5) is 15.5. The van der Waals surface area contributed by atoms with Gasteiger partial charge in [-0.15, -0.1) is 0 Å². The number of ketones is 1. The molecule has 1 aromatic carbocycles. The molecule has 0 amide bonds. The Kier molecular flexibility index (Phi) is 13.3. The van der Waals surface area contributed by atoms with Gasteiger partial charge < -0.3 is 9.55 Å². The van der Waals surface area contributed by atoms with Gasteiger partial charge in [-0.05, 0) is 69.4 Å². The zero-order chi connectivity index (χ0) is 28.9. The van der Waals surface area contributed by atoms with Crippen LogP contribution in [0.25, 0.3) is 11.3 Å². The molecule has 3 rings (SSSR count). The number of unbranched alkanes of at least 4 members (excludes halogenated alkanes) is 13. The second kappa shape index (κ2) is 16.7. The van der Waals surface area contributed by atoms with Crippen molar-refractivity contribution in [1.82, 2.24) is 9.55 Å². The number of benzene rings is 1. The van der Waals surface area contributed by atoms with E-state index in [9.17, 15) is 4.79 Å². The van der Waals surface area contributed by atoms with Crippen LogP contribution >= 0.6 is 0 Å². The molecule has 220 valence electrons. The van der Waals surface area contributed by atoms with E-state index < -0.39 is 0 Å². The van der Waals surface area contributed by atoms with Crippen molar-refractivity contribution in [2.75, 3.05) is 0 Å². The summed E-state index contributed by atoms with van der Waals surface area (Å²) in [7, 11) is 0. The van der Waals surface area contributed by atoms with Crippen LogP contribution < -0.4 is 0 Å². The maximum atomic E-state index is 12.0. The minimum atomic E-state index is 0.137. The molecule has 2 heterocycles. The van der Waals surface area contributed by atoms with Crippen molar-refractivity contribution >= 4 is 5.78 Å². The van der Waals surface area contributed by atoms with E-state index in [-0.39, 0.29) is 5.78 Å². The van der Waals surface area contributed by atoms with Crippen LogP contribution in [0.3, 0.4) is 0 Å². The molecule has 0 saturated carbocycles. The summed E-state index contributed by atoms with van der Waals surface area (Å²) in [5, 5.41) is 0. The largest absolute Gasteiger partial charge is 0.361 e. The smallest absolute Gasteiger partial charge is 0.161 e. The Bertz CT molecular complexity index is 1180. The fraction of sp³-hybridized carbons (Fsp3) is 0.595. The molecule has 0 saturated heterocycles. The van der Waals surface area contributed by atoms with Crippen LogP contribution in [0.1, 0.15) is 148 Å². The van der Waals surface area contributed by atoms with Crippen LogP contribution in [0.4, 0.5) is 0 Å². The first-order valence-corrected chi connectivity index (χ1v) is 16.3. The molecular weight excluding hydrogens is 488 g/mol. The van der Waals surface area contributed by atoms with E-state index in [1.807, 2.05) is 6.92 Å². The number of H-pyrrole nitrogens is 1. The van der Waals surface area contributed by atoms with Crippen molar-refractivity contribution in [3.63, 3.8) is 0 Å². The van der Waals surface area contributed by atoms with Crippen molar-refractivity contribution in [2.24, 2.45) is 0 Å². The molecule has 0 aliphatic carbocycles. The van der Waals surface area contributed by atoms with E-state index in [1.165, 1.54) is 118 Å². The Morgan fingerprint density at radius 2 is 1.27 bits per heavy atom. The van der Waals surface area contributed by atoms with E-state index >= 15 is 0 Å². The Balaban J connectivity index is 1.43. The minimum absolute atomic E-state index is 0.137. The first kappa shape index (κ1) is 32.0. The van der Waals surface area contributed by atoms with E-state index in [4.69, 9.17) is 0 Å². The van der Waals surface area contributed by atoms with Gasteiger partial charge in [0.1, 0.15) is 0 Å². The van der Waals surface area contributed by atoms with Gasteiger partial charge in [0.25, 0.3) is 0 Å². The predicted octanol–water partition coefficient (Wildman–Crippen LogP) is 11.0. The molecule has 0 spiro atoms. The summed E-state index contributed by atoms with van der Waals surface area (Å²) in [5.74, 6) is 0.137. The Morgan fingerprint density at radius 3 is 1.77 bits per heavy atom. The van der Waals surface area contributed by atoms with Crippen molar-refractivity contribution in [1.29, 1.82) is 0 Å². The fourth-order valence-electron chi connectivity index (χ4n) is 6.49. The number of hydrogen-bond donors (Lipinski definition) is 1. The first-order valence-electron chi connectivity index (χ1n) is 16.3. The zero-order valence-electron chi connectivity index (χ0n) is 26.6. The van der Waals surface area contributed by atoms with Crippen molar-refractivity contribution in [2.45, 2.75) is 144 Å². The van der Waals surface area contributed by atoms with Crippen molar-refractivity contribution in [3.05, 3.63) is 69.7 Å². The van der Waals surface area contributed by atoms with Gasteiger partial charge in [-0.1, -0.05) is 115 Å². The van der Waals surface area contributed by atoms with E-state index in [0.29, 0.717) is 0 Å². The maximum absolute atomic E-state index is 12.0. The van der Waals surface area contributed by atoms with Gasteiger partial charge in [0, 0.05) is 35.6 Å². The van der Waals surface area contributed by atoms with Gasteiger partial charge in [-0.2, -0.15) is 0 Å². The molecule has 0 aliphatic heterocycles. The molecule has 3 aromatic rings. The van der Waals surface area contributed by atoms with Gasteiger partial charge in [0.2, 0.25) is 0 Å². The summed E-state index contributed by atoms with van der Waals surface area (Å²) in [6.45, 7) is 13.6. The van der Waals surface area contributed by atoms with Gasteiger partial charge >= 0.3 is 0 Å². The van der Waals surface area contributed by atoms with Crippen LogP contribution in [0.2, 0.25) is 0 Å². The summed E-state index contributed by atoms with van der Waals surface area (Å²) in [6.07, 6.45) is 20.4. The molecule has 0 radical (unpaired) electrons. The lowest BCUT2D eigenvalue weighted by Gasteiger charge is -2.14. The highest BCUT2D eigenvalue weighted by atomic mass is 16.1. The summed E-state index contributed by atoms with van der Waals surface area (Å²) in [6, 6.07) is 11.4. The Morgan fingerprint density at radius 1 is 0.750 bits per heavy atom. The van der Waals surface area contributed by atoms with Gasteiger partial charge in [0.15, 0.2) is 5.78 Å². The maximum Gasteiger partial charge on any atom is 0.161 e. The Labute approximate surface area is 245 Å². The molecule has 0 fully saturated rings. The van der Waals surface area contributed by atoms with E-state index in [2.05, 4.69) is 67.6 Å². The van der Waals surface area contributed by atoms with Gasteiger partial charge in [-0.25, -0.2) is 0 Å². The molecule has 0 aliphatic rings. The van der Waals surface area contributed by atoms with Gasteiger partial charge in [-0.3, -0.25) is 4.79 Å². The number of aryl methyl sites for hydroxylation is 3. The summed E-state index contributed by atoms with van der Waals surface area (Å²) < 4.78 is 2.53. The van der Waals surface area contributed by atoms with Crippen LogP contribution in [-0.2, 0) is 13.0 Å². The van der Waals surface area contributed by atoms with Crippen LogP contribution in [0.15, 0.2) is 30.3 Å². The summed E-state index contributed by atoms with van der Waals surface area (Å²) in [5.41, 5.74) is 10.7. The molecule has 0 unspecified atom stereocenters. The lowest BCUT2D eigenvalue weighted by atomic mass is 10.0. The Hall–Kier alpha value is -2.55. The third-order valence-corrected chi connectivity index (χ3v) is 8.73. The SMILES string of the molecule is CCCCCCCCCCCCCCCCn1c(C)cc(C)c1-c1ccc(Cc2[nH]c(C)c(C(C)=O)c2C)cc1. The van der Waals surface area contributed by atoms with Crippen molar-refractivity contribution in [3.8, 4) is 11.3 Å². The van der Waals surface area contributed by atoms with Crippen LogP contribution in [0, 0.1) is 27.7 Å². The number of nitrogens with zero attached hydrogens (tertiary/aromatic N) is 1. The van der Waals surface area contributed by atoms with E-state index in [0.717, 1.165) is 35.5 Å². The number of aromatic nitrogens is 2. The van der Waals surface area contributed by atoms with Crippen LogP contribution in [0.5, 0.6) is 0 Å². The average Bonchev–Trinajstić information content (AvgIpc) is 3.37. The lowest BCUT2D eigenvalue weighted by Crippen LogP contribution is -2.03. The van der Waals surface area contributed by atoms with E-state index in [1.54, 1.807) is 6.92 Å². The molecule has 1 N–H and O–H groups in total. The van der Waals surface area contributed by atoms with Gasteiger partial charge in [0.05, 0.1) is 5.69 Å². The quantitative estimate of drug-likeness (QED) is 0.118. The number of carbonyl (C=O) groups excluding carboxylic acids is 1. The number of Topliss-reactive ketones (excluding diaryl/α,β-unsaturated/α-hetero) is 1. The molecule has 3 heteroatoms. The number of nitrogens with one attached hydrogen (secondary N) is 1. The number of rotatable bonds is 19. The first-order chi connectivity index (χ1) is 19.3. The third kappa shape index (κ3) is 9.25. The highest BCUT2D eigenvalue weighted by Gasteiger charge is 2.16. The predicted molar refractivity (Wildman–Crippen MR) is 173 cm³/mol. The standard InChI is InChI=1S/C37H56N2O/c1-7-8-9-10-11-12-13-14-15-16-17-18-19-20-25-39-29(3)26-28(2)37(39)34-23-21-33(22-24-34)27-35-30(4)36(32(6)40)31(5)38-35/h21-24,26,38H,7-20,25,27H2,1-6H3. The van der Waals surface area contributed by atoms with Crippen molar-refractivity contribution < 1.29 is 4.79 Å². The number of hydrogen-bond acceptors (Lipinski definition) is 1. The second-order valence-corrected chi connectivity index (χ2v) is 12.2. The topological polar surface area (TPSA) is 37.8 Å². The number of carbonyl (C=O) groups is 1. The third-order valence-electron chi connectivity index (χ3n) is 8.73. The highest BCUT2D eigenvalue weighted by molar-refractivity contribution is 5.97. The fourth-order valence-corrected chi connectivity index (χ4v) is 6.49. The summed E-state index contributed by atoms with van der Waals surface area (Å²) >= 11 is 0. The highest BCUT2D eigenvalue weighted by Crippen LogP contribution is 2.29. The monoisotopic (exact) mass is 544 g/mol.